The van der Waals surface area contributed by atoms with Crippen LogP contribution in [0.4, 0.5) is 0 Å². The Kier molecular flexibility index (Phi) is 3.93. The van der Waals surface area contributed by atoms with Crippen LogP contribution in [0.15, 0.2) is 73.1 Å². The van der Waals surface area contributed by atoms with Gasteiger partial charge in [0, 0.05) is 36.4 Å². The summed E-state index contributed by atoms with van der Waals surface area (Å²) in [4.78, 5) is 19.9. The Balaban J connectivity index is 1.51. The molecule has 1 fully saturated rings. The molecule has 0 spiro atoms. The molecule has 2 aromatic carbocycles. The van der Waals surface area contributed by atoms with Crippen LogP contribution in [-0.4, -0.2) is 38.7 Å². The molecule has 0 aliphatic carbocycles. The average molecular weight is 368 g/mol. The Morgan fingerprint density at radius 1 is 1.04 bits per heavy atom. The number of benzene rings is 2. The summed E-state index contributed by atoms with van der Waals surface area (Å²) < 4.78 is 1.92. The largest absolute Gasteiger partial charge is 0.334 e. The zero-order valence-corrected chi connectivity index (χ0v) is 15.6. The number of pyridine rings is 1. The molecule has 0 saturated carbocycles. The monoisotopic (exact) mass is 368 g/mol. The fourth-order valence-electron chi connectivity index (χ4n) is 3.68. The number of para-hydroxylation sites is 1. The summed E-state index contributed by atoms with van der Waals surface area (Å²) in [5, 5.41) is 5.18. The van der Waals surface area contributed by atoms with E-state index in [1.54, 1.807) is 6.20 Å². The maximum atomic E-state index is 13.3. The van der Waals surface area contributed by atoms with Crippen molar-refractivity contribution in [1.82, 2.24) is 19.7 Å². The van der Waals surface area contributed by atoms with Crippen molar-refractivity contribution < 1.29 is 4.79 Å². The van der Waals surface area contributed by atoms with Crippen LogP contribution in [0, 0.1) is 6.92 Å². The maximum absolute atomic E-state index is 13.3. The predicted octanol–water partition coefficient (Wildman–Crippen LogP) is 4.10. The number of fused-ring (bicyclic) bond motifs is 1. The minimum atomic E-state index is 0.0513. The van der Waals surface area contributed by atoms with E-state index in [0.717, 1.165) is 22.2 Å². The van der Waals surface area contributed by atoms with Gasteiger partial charge in [0.15, 0.2) is 0 Å². The third-order valence-electron chi connectivity index (χ3n) is 5.34. The van der Waals surface area contributed by atoms with Gasteiger partial charge in [-0.2, -0.15) is 5.10 Å². The van der Waals surface area contributed by atoms with E-state index in [1.807, 2.05) is 52.2 Å². The number of rotatable bonds is 3. The summed E-state index contributed by atoms with van der Waals surface area (Å²) in [7, 11) is 0. The van der Waals surface area contributed by atoms with Crippen molar-refractivity contribution in [3.8, 4) is 11.3 Å². The van der Waals surface area contributed by atoms with E-state index in [-0.39, 0.29) is 11.9 Å². The summed E-state index contributed by atoms with van der Waals surface area (Å²) in [5.41, 5.74) is 4.59. The van der Waals surface area contributed by atoms with E-state index in [9.17, 15) is 4.79 Å². The standard InChI is InChI=1S/C23H20N4O/c1-16-7-9-17(10-8-16)22-13-20(19-5-2-3-6-21(19)25-22)23(28)26-14-18(15-26)27-12-4-11-24-27/h2-13,18H,14-15H2,1H3. The molecule has 2 aromatic heterocycles. The average Bonchev–Trinajstić information content (AvgIpc) is 3.20. The van der Waals surface area contributed by atoms with Crippen molar-refractivity contribution in [3.05, 3.63) is 84.2 Å². The van der Waals surface area contributed by atoms with E-state index in [1.165, 1.54) is 5.56 Å². The molecule has 5 heteroatoms. The van der Waals surface area contributed by atoms with Crippen molar-refractivity contribution >= 4 is 16.8 Å². The second-order valence-corrected chi connectivity index (χ2v) is 7.29. The first kappa shape index (κ1) is 16.7. The van der Waals surface area contributed by atoms with E-state index >= 15 is 0 Å². The topological polar surface area (TPSA) is 51.0 Å². The molecule has 1 saturated heterocycles. The van der Waals surface area contributed by atoms with Gasteiger partial charge in [-0.05, 0) is 25.1 Å². The first-order chi connectivity index (χ1) is 13.7. The fraction of sp³-hybridized carbons (Fsp3) is 0.174. The molecule has 1 aliphatic heterocycles. The Morgan fingerprint density at radius 3 is 2.57 bits per heavy atom. The van der Waals surface area contributed by atoms with Crippen LogP contribution in [0.3, 0.4) is 0 Å². The molecule has 1 amide bonds. The Labute approximate surface area is 163 Å². The minimum Gasteiger partial charge on any atom is -0.334 e. The van der Waals surface area contributed by atoms with E-state index in [0.29, 0.717) is 18.7 Å². The first-order valence-electron chi connectivity index (χ1n) is 9.44. The molecule has 0 N–H and O–H groups in total. The number of likely N-dealkylation sites (tertiary alicyclic amines) is 1. The van der Waals surface area contributed by atoms with E-state index in [2.05, 4.69) is 36.3 Å². The zero-order chi connectivity index (χ0) is 19.1. The SMILES string of the molecule is Cc1ccc(-c2cc(C(=O)N3CC(n4cccn4)C3)c3ccccc3n2)cc1. The van der Waals surface area contributed by atoms with Gasteiger partial charge >= 0.3 is 0 Å². The first-order valence-corrected chi connectivity index (χ1v) is 9.44. The normalized spacial score (nSPS) is 14.2. The number of carbonyl (C=O) groups excluding carboxylic acids is 1. The molecule has 0 bridgehead atoms. The van der Waals surface area contributed by atoms with Gasteiger partial charge in [0.25, 0.3) is 5.91 Å². The highest BCUT2D eigenvalue weighted by atomic mass is 16.2. The van der Waals surface area contributed by atoms with Gasteiger partial charge in [-0.1, -0.05) is 48.0 Å². The highest BCUT2D eigenvalue weighted by Crippen LogP contribution is 2.29. The predicted molar refractivity (Wildman–Crippen MR) is 109 cm³/mol. The number of hydrogen-bond acceptors (Lipinski definition) is 3. The molecule has 28 heavy (non-hydrogen) atoms. The van der Waals surface area contributed by atoms with Crippen LogP contribution in [0.1, 0.15) is 22.0 Å². The smallest absolute Gasteiger partial charge is 0.254 e. The lowest BCUT2D eigenvalue weighted by molar-refractivity contribution is 0.0503. The van der Waals surface area contributed by atoms with Crippen molar-refractivity contribution in [2.75, 3.05) is 13.1 Å². The second kappa shape index (κ2) is 6.60. The Hall–Kier alpha value is -3.47. The molecule has 3 heterocycles. The molecule has 1 aliphatic rings. The molecule has 5 rings (SSSR count). The summed E-state index contributed by atoms with van der Waals surface area (Å²) in [5.74, 6) is 0.0513. The second-order valence-electron chi connectivity index (χ2n) is 7.29. The van der Waals surface area contributed by atoms with Gasteiger partial charge in [0.1, 0.15) is 0 Å². The van der Waals surface area contributed by atoms with Crippen LogP contribution in [0.5, 0.6) is 0 Å². The molecule has 138 valence electrons. The molecule has 0 atom stereocenters. The number of amides is 1. The minimum absolute atomic E-state index is 0.0513. The third kappa shape index (κ3) is 2.85. The van der Waals surface area contributed by atoms with E-state index < -0.39 is 0 Å². The van der Waals surface area contributed by atoms with E-state index in [4.69, 9.17) is 4.98 Å². The summed E-state index contributed by atoms with van der Waals surface area (Å²) in [6, 6.07) is 20.2. The van der Waals surface area contributed by atoms with Gasteiger partial charge in [0.05, 0.1) is 22.8 Å². The van der Waals surface area contributed by atoms with Crippen LogP contribution >= 0.6 is 0 Å². The number of aromatic nitrogens is 3. The van der Waals surface area contributed by atoms with Gasteiger partial charge < -0.3 is 4.90 Å². The van der Waals surface area contributed by atoms with Crippen molar-refractivity contribution in [2.45, 2.75) is 13.0 Å². The quantitative estimate of drug-likeness (QED) is 0.547. The molecule has 5 nitrogen and oxygen atoms in total. The highest BCUT2D eigenvalue weighted by Gasteiger charge is 2.33. The lowest BCUT2D eigenvalue weighted by Crippen LogP contribution is -2.50. The van der Waals surface area contributed by atoms with Crippen molar-refractivity contribution in [1.29, 1.82) is 0 Å². The Morgan fingerprint density at radius 2 is 1.82 bits per heavy atom. The molecule has 4 aromatic rings. The molecular weight excluding hydrogens is 348 g/mol. The highest BCUT2D eigenvalue weighted by molar-refractivity contribution is 6.07. The summed E-state index contributed by atoms with van der Waals surface area (Å²) in [6.45, 7) is 3.42. The number of carbonyl (C=O) groups is 1. The van der Waals surface area contributed by atoms with Crippen molar-refractivity contribution in [3.63, 3.8) is 0 Å². The fourth-order valence-corrected chi connectivity index (χ4v) is 3.68. The van der Waals surface area contributed by atoms with Crippen LogP contribution in [0.2, 0.25) is 0 Å². The zero-order valence-electron chi connectivity index (χ0n) is 15.6. The summed E-state index contributed by atoms with van der Waals surface area (Å²) >= 11 is 0. The van der Waals surface area contributed by atoms with Crippen LogP contribution < -0.4 is 0 Å². The lowest BCUT2D eigenvalue weighted by Gasteiger charge is -2.39. The van der Waals surface area contributed by atoms with Gasteiger partial charge in [-0.3, -0.25) is 9.48 Å². The molecule has 0 radical (unpaired) electrons. The number of hydrogen-bond donors (Lipinski definition) is 0. The summed E-state index contributed by atoms with van der Waals surface area (Å²) in [6.07, 6.45) is 3.72. The molecule has 0 unspecified atom stereocenters. The lowest BCUT2D eigenvalue weighted by atomic mass is 10.0. The number of aryl methyl sites for hydroxylation is 1. The van der Waals surface area contributed by atoms with Gasteiger partial charge in [0.2, 0.25) is 0 Å². The Bertz CT molecular complexity index is 1140. The third-order valence-corrected chi connectivity index (χ3v) is 5.34. The molecular formula is C23H20N4O. The van der Waals surface area contributed by atoms with Crippen LogP contribution in [0.25, 0.3) is 22.2 Å². The van der Waals surface area contributed by atoms with Crippen LogP contribution in [-0.2, 0) is 0 Å². The van der Waals surface area contributed by atoms with Gasteiger partial charge in [-0.25, -0.2) is 4.98 Å². The maximum Gasteiger partial charge on any atom is 0.254 e. The van der Waals surface area contributed by atoms with Gasteiger partial charge in [-0.15, -0.1) is 0 Å². The van der Waals surface area contributed by atoms with Crippen molar-refractivity contribution in [2.24, 2.45) is 0 Å². The number of nitrogens with zero attached hydrogens (tertiary/aromatic N) is 4.